The number of benzene rings is 1. The fourth-order valence-electron chi connectivity index (χ4n) is 2.40. The molecule has 1 heterocycles. The highest BCUT2D eigenvalue weighted by atomic mass is 79.9. The van der Waals surface area contributed by atoms with Gasteiger partial charge in [-0.25, -0.2) is 12.8 Å². The van der Waals surface area contributed by atoms with Crippen LogP contribution in [0.5, 0.6) is 0 Å². The summed E-state index contributed by atoms with van der Waals surface area (Å²) in [5.41, 5.74) is -0.587. The molecule has 0 spiro atoms. The van der Waals surface area contributed by atoms with Crippen LogP contribution in [0.3, 0.4) is 0 Å². The van der Waals surface area contributed by atoms with Gasteiger partial charge in [-0.3, -0.25) is 0 Å². The van der Waals surface area contributed by atoms with Crippen LogP contribution in [0.15, 0.2) is 27.6 Å². The normalized spacial score (nSPS) is 23.8. The molecule has 1 aliphatic rings. The lowest BCUT2D eigenvalue weighted by molar-refractivity contribution is -0.109. The average molecular weight is 366 g/mol. The van der Waals surface area contributed by atoms with Crippen molar-refractivity contribution in [3.8, 4) is 0 Å². The smallest absolute Gasteiger partial charge is 0.246 e. The van der Waals surface area contributed by atoms with Gasteiger partial charge in [0.25, 0.3) is 0 Å². The Labute approximate surface area is 127 Å². The van der Waals surface area contributed by atoms with Crippen molar-refractivity contribution in [3.63, 3.8) is 0 Å². The Hall–Kier alpha value is -0.500. The van der Waals surface area contributed by atoms with Crippen LogP contribution >= 0.6 is 15.9 Å². The first-order chi connectivity index (χ1) is 9.12. The maximum Gasteiger partial charge on any atom is 0.246 e. The number of morpholine rings is 1. The van der Waals surface area contributed by atoms with Crippen LogP contribution < -0.4 is 0 Å². The van der Waals surface area contributed by atoms with E-state index in [2.05, 4.69) is 15.9 Å². The number of ether oxygens (including phenoxy) is 1. The second-order valence-corrected chi connectivity index (χ2v) is 8.38. The number of rotatable bonds is 2. The van der Waals surface area contributed by atoms with Gasteiger partial charge >= 0.3 is 0 Å². The topological polar surface area (TPSA) is 46.6 Å². The lowest BCUT2D eigenvalue weighted by Crippen LogP contribution is -2.53. The van der Waals surface area contributed by atoms with E-state index in [1.807, 2.05) is 13.8 Å². The fourth-order valence-corrected chi connectivity index (χ4v) is 4.45. The van der Waals surface area contributed by atoms with Crippen LogP contribution in [0, 0.1) is 5.82 Å². The maximum atomic E-state index is 13.9. The van der Waals surface area contributed by atoms with Crippen molar-refractivity contribution in [2.24, 2.45) is 0 Å². The number of halogens is 2. The van der Waals surface area contributed by atoms with E-state index in [-0.39, 0.29) is 24.1 Å². The zero-order chi connectivity index (χ0) is 15.1. The summed E-state index contributed by atoms with van der Waals surface area (Å²) in [5, 5.41) is 0. The molecule has 112 valence electrons. The molecule has 0 bridgehead atoms. The van der Waals surface area contributed by atoms with Gasteiger partial charge in [-0.2, -0.15) is 4.31 Å². The van der Waals surface area contributed by atoms with Gasteiger partial charge in [0.05, 0.1) is 11.7 Å². The molecular formula is C13H17BrFNO3S. The molecule has 0 saturated carbocycles. The Morgan fingerprint density at radius 2 is 2.10 bits per heavy atom. The van der Waals surface area contributed by atoms with E-state index in [1.165, 1.54) is 16.4 Å². The summed E-state index contributed by atoms with van der Waals surface area (Å²) >= 11 is 3.12. The summed E-state index contributed by atoms with van der Waals surface area (Å²) in [5.74, 6) is -0.753. The molecule has 0 amide bonds. The van der Waals surface area contributed by atoms with Gasteiger partial charge in [-0.15, -0.1) is 0 Å². The van der Waals surface area contributed by atoms with Crippen LogP contribution in [0.4, 0.5) is 4.39 Å². The van der Waals surface area contributed by atoms with Crippen molar-refractivity contribution in [1.82, 2.24) is 4.31 Å². The summed E-state index contributed by atoms with van der Waals surface area (Å²) in [6.45, 7) is 5.88. The monoisotopic (exact) mass is 365 g/mol. The van der Waals surface area contributed by atoms with Crippen molar-refractivity contribution in [2.75, 3.05) is 13.1 Å². The largest absolute Gasteiger partial charge is 0.370 e. The molecule has 1 unspecified atom stereocenters. The third-order valence-corrected chi connectivity index (χ3v) is 5.39. The van der Waals surface area contributed by atoms with Gasteiger partial charge in [0.15, 0.2) is 0 Å². The van der Waals surface area contributed by atoms with Gasteiger partial charge in [-0.05, 0) is 39.0 Å². The van der Waals surface area contributed by atoms with Crippen molar-refractivity contribution in [3.05, 3.63) is 28.5 Å². The Morgan fingerprint density at radius 1 is 1.45 bits per heavy atom. The Bertz CT molecular complexity index is 618. The molecule has 4 nitrogen and oxygen atoms in total. The molecule has 7 heteroatoms. The first-order valence-electron chi connectivity index (χ1n) is 6.25. The first kappa shape index (κ1) is 15.9. The third-order valence-electron chi connectivity index (χ3n) is 3.05. The van der Waals surface area contributed by atoms with Gasteiger partial charge in [0.2, 0.25) is 10.0 Å². The van der Waals surface area contributed by atoms with Crippen molar-refractivity contribution in [1.29, 1.82) is 0 Å². The summed E-state index contributed by atoms with van der Waals surface area (Å²) < 4.78 is 46.5. The molecule has 0 aromatic heterocycles. The number of hydrogen-bond acceptors (Lipinski definition) is 3. The summed E-state index contributed by atoms with van der Waals surface area (Å²) in [7, 11) is -3.86. The molecule has 1 fully saturated rings. The summed E-state index contributed by atoms with van der Waals surface area (Å²) in [6, 6.07) is 3.95. The Balaban J connectivity index is 2.39. The molecular weight excluding hydrogens is 349 g/mol. The standard InChI is InChI=1S/C13H17BrFNO3S/c1-9-7-16(8-13(2,3)19-9)20(17,18)12-5-4-10(14)6-11(12)15/h4-6,9H,7-8H2,1-3H3. The minimum Gasteiger partial charge on any atom is -0.370 e. The predicted molar refractivity (Wildman–Crippen MR) is 77.5 cm³/mol. The van der Waals surface area contributed by atoms with Crippen LogP contribution in [0.1, 0.15) is 20.8 Å². The second kappa shape index (κ2) is 5.36. The third kappa shape index (κ3) is 3.21. The predicted octanol–water partition coefficient (Wildman–Crippen LogP) is 2.78. The maximum absolute atomic E-state index is 13.9. The first-order valence-corrected chi connectivity index (χ1v) is 8.48. The van der Waals surface area contributed by atoms with Crippen LogP contribution in [-0.2, 0) is 14.8 Å². The van der Waals surface area contributed by atoms with Gasteiger partial charge in [0.1, 0.15) is 10.7 Å². The molecule has 0 N–H and O–H groups in total. The Kier molecular flexibility index (Phi) is 4.26. The molecule has 1 aromatic rings. The highest BCUT2D eigenvalue weighted by Gasteiger charge is 2.38. The highest BCUT2D eigenvalue weighted by Crippen LogP contribution is 2.28. The van der Waals surface area contributed by atoms with E-state index in [9.17, 15) is 12.8 Å². The number of sulfonamides is 1. The molecule has 1 aromatic carbocycles. The minimum atomic E-state index is -3.86. The van der Waals surface area contributed by atoms with Gasteiger partial charge < -0.3 is 4.74 Å². The van der Waals surface area contributed by atoms with Gasteiger partial charge in [-0.1, -0.05) is 15.9 Å². The molecule has 2 rings (SSSR count). The van der Waals surface area contributed by atoms with Crippen LogP contribution in [0.25, 0.3) is 0 Å². The van der Waals surface area contributed by atoms with E-state index >= 15 is 0 Å². The average Bonchev–Trinajstić information content (AvgIpc) is 2.25. The summed E-state index contributed by atoms with van der Waals surface area (Å²) in [4.78, 5) is -0.300. The molecule has 0 aliphatic carbocycles. The van der Waals surface area contributed by atoms with E-state index in [1.54, 1.807) is 6.92 Å². The van der Waals surface area contributed by atoms with Crippen molar-refractivity contribution < 1.29 is 17.5 Å². The van der Waals surface area contributed by atoms with Gasteiger partial charge in [0, 0.05) is 17.6 Å². The molecule has 1 saturated heterocycles. The lowest BCUT2D eigenvalue weighted by Gasteiger charge is -2.40. The SMILES string of the molecule is CC1CN(S(=O)(=O)c2ccc(Br)cc2F)CC(C)(C)O1. The number of hydrogen-bond donors (Lipinski definition) is 0. The van der Waals surface area contributed by atoms with Crippen molar-refractivity contribution in [2.45, 2.75) is 37.4 Å². The highest BCUT2D eigenvalue weighted by molar-refractivity contribution is 9.10. The van der Waals surface area contributed by atoms with Crippen LogP contribution in [-0.4, -0.2) is 37.5 Å². The second-order valence-electron chi connectivity index (χ2n) is 5.56. The molecule has 20 heavy (non-hydrogen) atoms. The minimum absolute atomic E-state index is 0.204. The zero-order valence-corrected chi connectivity index (χ0v) is 14.0. The van der Waals surface area contributed by atoms with Crippen molar-refractivity contribution >= 4 is 26.0 Å². The lowest BCUT2D eigenvalue weighted by atomic mass is 10.1. The molecule has 1 aliphatic heterocycles. The molecule has 1 atom stereocenters. The van der Waals surface area contributed by atoms with E-state index in [0.717, 1.165) is 6.07 Å². The quantitative estimate of drug-likeness (QED) is 0.809. The number of nitrogens with zero attached hydrogens (tertiary/aromatic N) is 1. The van der Waals surface area contributed by atoms with E-state index < -0.39 is 21.4 Å². The summed E-state index contributed by atoms with van der Waals surface area (Å²) in [6.07, 6.45) is -0.230. The van der Waals surface area contributed by atoms with E-state index in [0.29, 0.717) is 4.47 Å². The van der Waals surface area contributed by atoms with E-state index in [4.69, 9.17) is 4.74 Å². The molecule has 0 radical (unpaired) electrons. The zero-order valence-electron chi connectivity index (χ0n) is 11.6. The van der Waals surface area contributed by atoms with Crippen LogP contribution in [0.2, 0.25) is 0 Å². The fraction of sp³-hybridized carbons (Fsp3) is 0.538. The Morgan fingerprint density at radius 3 is 2.65 bits per heavy atom.